The molecule has 21 heavy (non-hydrogen) atoms. The third kappa shape index (κ3) is 4.42. The van der Waals surface area contributed by atoms with Crippen LogP contribution in [0.15, 0.2) is 36.4 Å². The lowest BCUT2D eigenvalue weighted by Crippen LogP contribution is -2.39. The molecule has 0 unspecified atom stereocenters. The van der Waals surface area contributed by atoms with Crippen LogP contribution in [0.5, 0.6) is 0 Å². The average Bonchev–Trinajstić information content (AvgIpc) is 2.57. The van der Waals surface area contributed by atoms with Gasteiger partial charge in [0.2, 0.25) is 0 Å². The molecule has 114 valence electrons. The summed E-state index contributed by atoms with van der Waals surface area (Å²) >= 11 is 0. The molecule has 1 N–H and O–H groups in total. The second kappa shape index (κ2) is 7.77. The average molecular weight is 284 g/mol. The number of hydrogen-bond donors (Lipinski definition) is 1. The van der Waals surface area contributed by atoms with Crippen molar-refractivity contribution in [1.29, 1.82) is 0 Å². The standard InChI is InChI=1S/C19H28N2/c1-2-5-17(6-3-1)7-4-14-21-15-10-19(11-16-21)18-8-12-20-13-9-18/h1-7,18-20H,8-16H2. The zero-order valence-corrected chi connectivity index (χ0v) is 13.0. The van der Waals surface area contributed by atoms with Crippen LogP contribution in [0.2, 0.25) is 0 Å². The lowest BCUT2D eigenvalue weighted by Gasteiger charge is -2.37. The molecule has 2 heterocycles. The van der Waals surface area contributed by atoms with E-state index >= 15 is 0 Å². The van der Waals surface area contributed by atoms with Gasteiger partial charge >= 0.3 is 0 Å². The highest BCUT2D eigenvalue weighted by Gasteiger charge is 2.26. The fourth-order valence-electron chi connectivity index (χ4n) is 3.82. The van der Waals surface area contributed by atoms with Crippen molar-refractivity contribution in [3.05, 3.63) is 42.0 Å². The van der Waals surface area contributed by atoms with Gasteiger partial charge in [-0.15, -0.1) is 0 Å². The summed E-state index contributed by atoms with van der Waals surface area (Å²) in [6.07, 6.45) is 10.2. The quantitative estimate of drug-likeness (QED) is 0.911. The van der Waals surface area contributed by atoms with Crippen LogP contribution in [-0.2, 0) is 0 Å². The largest absolute Gasteiger partial charge is 0.317 e. The lowest BCUT2D eigenvalue weighted by molar-refractivity contribution is 0.139. The van der Waals surface area contributed by atoms with E-state index in [1.165, 1.54) is 57.4 Å². The van der Waals surface area contributed by atoms with E-state index in [0.29, 0.717) is 0 Å². The molecule has 0 radical (unpaired) electrons. The van der Waals surface area contributed by atoms with Gasteiger partial charge in [-0.1, -0.05) is 42.5 Å². The first kappa shape index (κ1) is 14.8. The predicted octanol–water partition coefficient (Wildman–Crippen LogP) is 3.41. The van der Waals surface area contributed by atoms with Crippen LogP contribution in [0.1, 0.15) is 31.2 Å². The highest BCUT2D eigenvalue weighted by molar-refractivity contribution is 5.48. The summed E-state index contributed by atoms with van der Waals surface area (Å²) in [5.41, 5.74) is 1.31. The molecule has 0 saturated carbocycles. The Morgan fingerprint density at radius 1 is 0.952 bits per heavy atom. The van der Waals surface area contributed by atoms with Crippen molar-refractivity contribution in [3.63, 3.8) is 0 Å². The van der Waals surface area contributed by atoms with Crippen molar-refractivity contribution >= 4 is 6.08 Å². The molecule has 0 aliphatic carbocycles. The van der Waals surface area contributed by atoms with Crippen LogP contribution in [0.25, 0.3) is 6.08 Å². The number of piperidine rings is 2. The highest BCUT2D eigenvalue weighted by atomic mass is 15.1. The van der Waals surface area contributed by atoms with Crippen LogP contribution in [0, 0.1) is 11.8 Å². The molecule has 2 nitrogen and oxygen atoms in total. The number of nitrogens with zero attached hydrogens (tertiary/aromatic N) is 1. The fourth-order valence-corrected chi connectivity index (χ4v) is 3.82. The number of likely N-dealkylation sites (tertiary alicyclic amines) is 1. The monoisotopic (exact) mass is 284 g/mol. The highest BCUT2D eigenvalue weighted by Crippen LogP contribution is 2.30. The first-order valence-corrected chi connectivity index (χ1v) is 8.56. The summed E-state index contributed by atoms with van der Waals surface area (Å²) in [4.78, 5) is 2.61. The van der Waals surface area contributed by atoms with E-state index in [2.05, 4.69) is 52.7 Å². The third-order valence-corrected chi connectivity index (χ3v) is 5.16. The van der Waals surface area contributed by atoms with E-state index in [0.717, 1.165) is 18.4 Å². The topological polar surface area (TPSA) is 15.3 Å². The maximum absolute atomic E-state index is 3.49. The van der Waals surface area contributed by atoms with Gasteiger partial charge < -0.3 is 5.32 Å². The van der Waals surface area contributed by atoms with Gasteiger partial charge in [0.1, 0.15) is 0 Å². The van der Waals surface area contributed by atoms with Crippen LogP contribution < -0.4 is 5.32 Å². The van der Waals surface area contributed by atoms with E-state index in [4.69, 9.17) is 0 Å². The summed E-state index contributed by atoms with van der Waals surface area (Å²) in [7, 11) is 0. The van der Waals surface area contributed by atoms with Crippen molar-refractivity contribution in [2.24, 2.45) is 11.8 Å². The molecule has 0 bridgehead atoms. The zero-order chi connectivity index (χ0) is 14.3. The van der Waals surface area contributed by atoms with Crippen LogP contribution in [0.4, 0.5) is 0 Å². The molecule has 1 aromatic rings. The molecular formula is C19H28N2. The van der Waals surface area contributed by atoms with Crippen molar-refractivity contribution in [1.82, 2.24) is 10.2 Å². The second-order valence-corrected chi connectivity index (χ2v) is 6.54. The van der Waals surface area contributed by atoms with Gasteiger partial charge in [-0.25, -0.2) is 0 Å². The van der Waals surface area contributed by atoms with Gasteiger partial charge in [0.25, 0.3) is 0 Å². The molecule has 2 heteroatoms. The Morgan fingerprint density at radius 2 is 1.62 bits per heavy atom. The normalized spacial score (nSPS) is 22.9. The Balaban J connectivity index is 1.40. The fraction of sp³-hybridized carbons (Fsp3) is 0.579. The maximum atomic E-state index is 3.49. The van der Waals surface area contributed by atoms with E-state index in [1.807, 2.05) is 0 Å². The Bertz CT molecular complexity index is 426. The molecule has 1 aromatic carbocycles. The molecule has 0 amide bonds. The van der Waals surface area contributed by atoms with Gasteiger partial charge in [0.15, 0.2) is 0 Å². The third-order valence-electron chi connectivity index (χ3n) is 5.16. The first-order valence-electron chi connectivity index (χ1n) is 8.56. The smallest absolute Gasteiger partial charge is 0.0166 e. The molecule has 2 fully saturated rings. The Labute approximate surface area is 129 Å². The molecular weight excluding hydrogens is 256 g/mol. The van der Waals surface area contributed by atoms with Crippen molar-refractivity contribution in [2.75, 3.05) is 32.7 Å². The van der Waals surface area contributed by atoms with Gasteiger partial charge in [-0.05, 0) is 69.3 Å². The van der Waals surface area contributed by atoms with E-state index in [1.54, 1.807) is 0 Å². The van der Waals surface area contributed by atoms with Crippen molar-refractivity contribution in [2.45, 2.75) is 25.7 Å². The minimum Gasteiger partial charge on any atom is -0.317 e. The number of benzene rings is 1. The SMILES string of the molecule is C(=Cc1ccccc1)CN1CCC(C2CCNCC2)CC1. The van der Waals surface area contributed by atoms with Crippen LogP contribution in [0.3, 0.4) is 0 Å². The van der Waals surface area contributed by atoms with Crippen molar-refractivity contribution in [3.8, 4) is 0 Å². The van der Waals surface area contributed by atoms with Gasteiger partial charge in [-0.2, -0.15) is 0 Å². The Morgan fingerprint density at radius 3 is 2.33 bits per heavy atom. The first-order chi connectivity index (χ1) is 10.4. The minimum absolute atomic E-state index is 0.987. The minimum atomic E-state index is 0.987. The van der Waals surface area contributed by atoms with E-state index < -0.39 is 0 Å². The summed E-state index contributed by atoms with van der Waals surface area (Å²) in [6, 6.07) is 10.6. The van der Waals surface area contributed by atoms with Crippen LogP contribution in [-0.4, -0.2) is 37.6 Å². The maximum Gasteiger partial charge on any atom is 0.0166 e. The Hall–Kier alpha value is -1.12. The zero-order valence-electron chi connectivity index (χ0n) is 13.0. The van der Waals surface area contributed by atoms with Crippen molar-refractivity contribution < 1.29 is 0 Å². The van der Waals surface area contributed by atoms with Crippen LogP contribution >= 0.6 is 0 Å². The predicted molar refractivity (Wildman–Crippen MR) is 90.2 cm³/mol. The molecule has 0 atom stereocenters. The lowest BCUT2D eigenvalue weighted by atomic mass is 9.79. The number of hydrogen-bond acceptors (Lipinski definition) is 2. The number of nitrogens with one attached hydrogen (secondary N) is 1. The molecule has 3 rings (SSSR count). The second-order valence-electron chi connectivity index (χ2n) is 6.54. The summed E-state index contributed by atoms with van der Waals surface area (Å²) in [5.74, 6) is 1.98. The van der Waals surface area contributed by atoms with Gasteiger partial charge in [-0.3, -0.25) is 4.90 Å². The molecule has 0 aromatic heterocycles. The molecule has 2 aliphatic heterocycles. The summed E-state index contributed by atoms with van der Waals surface area (Å²) < 4.78 is 0. The van der Waals surface area contributed by atoms with E-state index in [-0.39, 0.29) is 0 Å². The molecule has 0 spiro atoms. The summed E-state index contributed by atoms with van der Waals surface area (Å²) in [5, 5.41) is 3.49. The van der Waals surface area contributed by atoms with Gasteiger partial charge in [0.05, 0.1) is 0 Å². The number of rotatable bonds is 4. The molecule has 2 aliphatic rings. The van der Waals surface area contributed by atoms with Gasteiger partial charge in [0, 0.05) is 6.54 Å². The summed E-state index contributed by atoms with van der Waals surface area (Å²) in [6.45, 7) is 6.16. The molecule has 2 saturated heterocycles. The van der Waals surface area contributed by atoms with E-state index in [9.17, 15) is 0 Å². The Kier molecular flexibility index (Phi) is 5.47.